The third-order valence-electron chi connectivity index (χ3n) is 4.61. The van der Waals surface area contributed by atoms with Gasteiger partial charge in [0.05, 0.1) is 10.6 Å². The van der Waals surface area contributed by atoms with Gasteiger partial charge >= 0.3 is 0 Å². The molecule has 0 aliphatic heterocycles. The van der Waals surface area contributed by atoms with Crippen molar-refractivity contribution >= 4 is 15.7 Å². The minimum atomic E-state index is -3.64. The van der Waals surface area contributed by atoms with Crippen molar-refractivity contribution < 1.29 is 8.42 Å². The van der Waals surface area contributed by atoms with Crippen molar-refractivity contribution in [2.45, 2.75) is 38.6 Å². The van der Waals surface area contributed by atoms with Crippen LogP contribution in [0.25, 0.3) is 0 Å². The first-order valence-electron chi connectivity index (χ1n) is 8.46. The summed E-state index contributed by atoms with van der Waals surface area (Å²) in [7, 11) is 0.291. The van der Waals surface area contributed by atoms with Crippen LogP contribution in [0.1, 0.15) is 23.6 Å². The van der Waals surface area contributed by atoms with Crippen LogP contribution in [0.4, 0.5) is 5.69 Å². The molecule has 0 aliphatic rings. The van der Waals surface area contributed by atoms with Gasteiger partial charge in [-0.2, -0.15) is 0 Å². The van der Waals surface area contributed by atoms with Crippen LogP contribution in [0.5, 0.6) is 0 Å². The molecule has 5 heteroatoms. The van der Waals surface area contributed by atoms with E-state index >= 15 is 0 Å². The highest BCUT2D eigenvalue weighted by atomic mass is 32.2. The second-order valence-electron chi connectivity index (χ2n) is 6.90. The third-order valence-corrected chi connectivity index (χ3v) is 6.39. The highest BCUT2D eigenvalue weighted by Gasteiger charge is 2.29. The molecule has 0 saturated heterocycles. The Bertz CT molecular complexity index is 807. The Hall–Kier alpha value is -1.85. The van der Waals surface area contributed by atoms with E-state index in [1.54, 1.807) is 16.4 Å². The second kappa shape index (κ2) is 7.58. The minimum Gasteiger partial charge on any atom is -0.305 e. The lowest BCUT2D eigenvalue weighted by Gasteiger charge is -2.32. The van der Waals surface area contributed by atoms with E-state index in [1.165, 1.54) is 0 Å². The van der Waals surface area contributed by atoms with Gasteiger partial charge in [-0.15, -0.1) is 0 Å². The average molecular weight is 361 g/mol. The van der Waals surface area contributed by atoms with E-state index in [9.17, 15) is 8.42 Å². The fraction of sp³-hybridized carbons (Fsp3) is 0.400. The Morgan fingerprint density at radius 2 is 1.44 bits per heavy atom. The second-order valence-corrected chi connectivity index (χ2v) is 8.76. The molecule has 2 aromatic rings. The Morgan fingerprint density at radius 1 is 0.920 bits per heavy atom. The van der Waals surface area contributed by atoms with Gasteiger partial charge in [0.25, 0.3) is 10.0 Å². The van der Waals surface area contributed by atoms with Gasteiger partial charge in [0.2, 0.25) is 0 Å². The zero-order valence-electron chi connectivity index (χ0n) is 15.9. The van der Waals surface area contributed by atoms with Gasteiger partial charge in [-0.25, -0.2) is 8.42 Å². The van der Waals surface area contributed by atoms with Crippen LogP contribution in [0.3, 0.4) is 0 Å². The maximum atomic E-state index is 13.4. The molecule has 2 rings (SSSR count). The first kappa shape index (κ1) is 19.5. The largest absolute Gasteiger partial charge is 0.305 e. The van der Waals surface area contributed by atoms with Gasteiger partial charge in [-0.3, -0.25) is 4.31 Å². The van der Waals surface area contributed by atoms with Crippen LogP contribution in [-0.4, -0.2) is 40.0 Å². The van der Waals surface area contributed by atoms with Crippen LogP contribution in [0.2, 0.25) is 0 Å². The molecule has 25 heavy (non-hydrogen) atoms. The van der Waals surface area contributed by atoms with Crippen molar-refractivity contribution in [1.82, 2.24) is 4.90 Å². The standard InChI is InChI=1S/C20H28N2O2S/c1-15-10-12-19(13-11-15)25(23,24)22(14-18(4)21(5)6)20-16(2)8-7-9-17(20)3/h7-13,18H,14H2,1-6H3. The predicted octanol–water partition coefficient (Wildman–Crippen LogP) is 3.76. The number of hydrogen-bond donors (Lipinski definition) is 0. The van der Waals surface area contributed by atoms with Gasteiger partial charge in [-0.1, -0.05) is 35.9 Å². The Morgan fingerprint density at radius 3 is 1.92 bits per heavy atom. The zero-order valence-corrected chi connectivity index (χ0v) is 16.8. The van der Waals surface area contributed by atoms with Crippen LogP contribution >= 0.6 is 0 Å². The Labute approximate surface area is 152 Å². The van der Waals surface area contributed by atoms with E-state index in [0.29, 0.717) is 11.4 Å². The minimum absolute atomic E-state index is 0.0826. The molecule has 0 aliphatic carbocycles. The first-order valence-corrected chi connectivity index (χ1v) is 9.90. The summed E-state index contributed by atoms with van der Waals surface area (Å²) in [4.78, 5) is 2.36. The highest BCUT2D eigenvalue weighted by Crippen LogP contribution is 2.30. The molecule has 0 saturated carbocycles. The van der Waals surface area contributed by atoms with Crippen molar-refractivity contribution in [3.63, 3.8) is 0 Å². The summed E-state index contributed by atoms with van der Waals surface area (Å²) in [6.07, 6.45) is 0. The molecule has 136 valence electrons. The molecule has 4 nitrogen and oxygen atoms in total. The van der Waals surface area contributed by atoms with Gasteiger partial charge in [0.15, 0.2) is 0 Å². The molecule has 2 aromatic carbocycles. The number of aryl methyl sites for hydroxylation is 3. The SMILES string of the molecule is Cc1ccc(S(=O)(=O)N(CC(C)N(C)C)c2c(C)cccc2C)cc1. The molecule has 1 unspecified atom stereocenters. The van der Waals surface area contributed by atoms with Crippen LogP contribution < -0.4 is 4.31 Å². The van der Waals surface area contributed by atoms with Crippen molar-refractivity contribution in [3.05, 3.63) is 59.2 Å². The van der Waals surface area contributed by atoms with Gasteiger partial charge in [0, 0.05) is 12.6 Å². The molecular formula is C20H28N2O2S. The predicted molar refractivity (Wildman–Crippen MR) is 105 cm³/mol. The fourth-order valence-corrected chi connectivity index (χ4v) is 4.42. The Balaban J connectivity index is 2.60. The lowest BCUT2D eigenvalue weighted by molar-refractivity contribution is 0.320. The van der Waals surface area contributed by atoms with E-state index in [0.717, 1.165) is 22.4 Å². The summed E-state index contributed by atoms with van der Waals surface area (Å²) in [6, 6.07) is 13.0. The van der Waals surface area contributed by atoms with E-state index in [2.05, 4.69) is 0 Å². The van der Waals surface area contributed by atoms with E-state index < -0.39 is 10.0 Å². The molecule has 0 radical (unpaired) electrons. The summed E-state index contributed by atoms with van der Waals surface area (Å²) in [6.45, 7) is 8.30. The molecule has 0 spiro atoms. The molecule has 0 aromatic heterocycles. The number of rotatable bonds is 6. The number of benzene rings is 2. The number of sulfonamides is 1. The number of anilines is 1. The maximum absolute atomic E-state index is 13.4. The molecular weight excluding hydrogens is 332 g/mol. The smallest absolute Gasteiger partial charge is 0.264 e. The fourth-order valence-electron chi connectivity index (χ4n) is 2.75. The van der Waals surface area contributed by atoms with Crippen LogP contribution in [0, 0.1) is 20.8 Å². The quantitative estimate of drug-likeness (QED) is 0.787. The van der Waals surface area contributed by atoms with E-state index in [1.807, 2.05) is 77.0 Å². The Kier molecular flexibility index (Phi) is 5.91. The highest BCUT2D eigenvalue weighted by molar-refractivity contribution is 7.92. The number of hydrogen-bond acceptors (Lipinski definition) is 3. The van der Waals surface area contributed by atoms with Crippen molar-refractivity contribution in [2.24, 2.45) is 0 Å². The number of likely N-dealkylation sites (N-methyl/N-ethyl adjacent to an activating group) is 1. The maximum Gasteiger partial charge on any atom is 0.264 e. The van der Waals surface area contributed by atoms with Gasteiger partial charge in [0.1, 0.15) is 0 Å². The van der Waals surface area contributed by atoms with Crippen LogP contribution in [-0.2, 0) is 10.0 Å². The lowest BCUT2D eigenvalue weighted by atomic mass is 10.1. The van der Waals surface area contributed by atoms with Gasteiger partial charge < -0.3 is 4.90 Å². The van der Waals surface area contributed by atoms with Crippen molar-refractivity contribution in [1.29, 1.82) is 0 Å². The molecule has 0 fully saturated rings. The summed E-state index contributed by atoms with van der Waals surface area (Å²) >= 11 is 0. The molecule has 0 heterocycles. The third kappa shape index (κ3) is 4.22. The van der Waals surface area contributed by atoms with Crippen LogP contribution in [0.15, 0.2) is 47.4 Å². The lowest BCUT2D eigenvalue weighted by Crippen LogP contribution is -2.42. The summed E-state index contributed by atoms with van der Waals surface area (Å²) in [5, 5.41) is 0. The average Bonchev–Trinajstić information content (AvgIpc) is 2.53. The monoisotopic (exact) mass is 360 g/mol. The first-order chi connectivity index (χ1) is 11.6. The normalized spacial score (nSPS) is 13.1. The zero-order chi connectivity index (χ0) is 18.8. The summed E-state index contributed by atoms with van der Waals surface area (Å²) in [5.41, 5.74) is 3.74. The molecule has 0 amide bonds. The van der Waals surface area contributed by atoms with Crippen molar-refractivity contribution in [2.75, 3.05) is 24.9 Å². The molecule has 0 N–H and O–H groups in total. The van der Waals surface area contributed by atoms with Crippen molar-refractivity contribution in [3.8, 4) is 0 Å². The van der Waals surface area contributed by atoms with E-state index in [-0.39, 0.29) is 6.04 Å². The number of nitrogens with zero attached hydrogens (tertiary/aromatic N) is 2. The molecule has 1 atom stereocenters. The topological polar surface area (TPSA) is 40.6 Å². The molecule has 0 bridgehead atoms. The van der Waals surface area contributed by atoms with E-state index in [4.69, 9.17) is 0 Å². The number of para-hydroxylation sites is 1. The van der Waals surface area contributed by atoms with Gasteiger partial charge in [-0.05, 0) is 65.0 Å². The summed E-state index contributed by atoms with van der Waals surface area (Å²) in [5.74, 6) is 0. The summed E-state index contributed by atoms with van der Waals surface area (Å²) < 4.78 is 28.4.